The number of nitrogens with zero attached hydrogens (tertiary/aromatic N) is 5. The van der Waals surface area contributed by atoms with E-state index in [0.717, 1.165) is 27.6 Å². The number of fused-ring (bicyclic) bond motifs is 1. The number of carboxylic acid groups (broad SMARTS) is 1. The molecular formula is C30H30N6O5. The second-order valence-corrected chi connectivity index (χ2v) is 10.8. The van der Waals surface area contributed by atoms with E-state index in [4.69, 9.17) is 15.9 Å². The maximum absolute atomic E-state index is 12.7. The number of carboxylic acids is 1. The number of terminal acetylenes is 1. The van der Waals surface area contributed by atoms with E-state index < -0.39 is 29.8 Å². The molecule has 5 rings (SSSR count). The van der Waals surface area contributed by atoms with Gasteiger partial charge in [0.1, 0.15) is 23.5 Å². The van der Waals surface area contributed by atoms with Crippen LogP contribution in [0.5, 0.6) is 5.75 Å². The molecule has 2 N–H and O–H groups in total. The highest BCUT2D eigenvalue weighted by Gasteiger charge is 2.42. The summed E-state index contributed by atoms with van der Waals surface area (Å²) in [5.74, 6) is 2.35. The maximum atomic E-state index is 12.7. The summed E-state index contributed by atoms with van der Waals surface area (Å²) in [6, 6.07) is 9.99. The highest BCUT2D eigenvalue weighted by Crippen LogP contribution is 2.32. The molecule has 1 aliphatic rings. The van der Waals surface area contributed by atoms with Crippen LogP contribution in [0.15, 0.2) is 55.0 Å². The Morgan fingerprint density at radius 1 is 1.15 bits per heavy atom. The number of hydrogen-bond donors (Lipinski definition) is 2. The van der Waals surface area contributed by atoms with E-state index >= 15 is 0 Å². The Bertz CT molecular complexity index is 1670. The van der Waals surface area contributed by atoms with Crippen LogP contribution in [-0.2, 0) is 16.6 Å². The SMILES string of the molecule is C#Cc1ccc2nc(Nc3cc(O[C@H]4C[C@@H](C(=O)O)N(C(=O)OC(C)(C)C)C4)cc(-c4cnn(C)c4)c3)ncc2c1. The van der Waals surface area contributed by atoms with Crippen LogP contribution in [0.25, 0.3) is 22.0 Å². The van der Waals surface area contributed by atoms with E-state index in [9.17, 15) is 14.7 Å². The Kier molecular flexibility index (Phi) is 7.24. The summed E-state index contributed by atoms with van der Waals surface area (Å²) in [4.78, 5) is 34.9. The Balaban J connectivity index is 1.42. The molecule has 1 amide bonds. The fraction of sp³-hybridized carbons (Fsp3) is 0.300. The third-order valence-corrected chi connectivity index (χ3v) is 6.43. The van der Waals surface area contributed by atoms with Gasteiger partial charge in [0.25, 0.3) is 0 Å². The molecular weight excluding hydrogens is 524 g/mol. The summed E-state index contributed by atoms with van der Waals surface area (Å²) in [5, 5.41) is 18.1. The first-order chi connectivity index (χ1) is 19.5. The zero-order chi connectivity index (χ0) is 29.3. The molecule has 0 bridgehead atoms. The first-order valence-corrected chi connectivity index (χ1v) is 13.0. The summed E-state index contributed by atoms with van der Waals surface area (Å²) < 4.78 is 13.4. The number of carbonyl (C=O) groups excluding carboxylic acids is 1. The molecule has 11 nitrogen and oxygen atoms in total. The largest absolute Gasteiger partial charge is 0.488 e. The van der Waals surface area contributed by atoms with E-state index in [-0.39, 0.29) is 13.0 Å². The molecule has 41 heavy (non-hydrogen) atoms. The van der Waals surface area contributed by atoms with Crippen LogP contribution < -0.4 is 10.1 Å². The molecule has 210 valence electrons. The van der Waals surface area contributed by atoms with E-state index in [2.05, 4.69) is 26.3 Å². The van der Waals surface area contributed by atoms with Gasteiger partial charge in [0.2, 0.25) is 5.95 Å². The summed E-state index contributed by atoms with van der Waals surface area (Å²) in [5.41, 5.74) is 3.04. The van der Waals surface area contributed by atoms with Crippen molar-refractivity contribution in [3.8, 4) is 29.2 Å². The first kappa shape index (κ1) is 27.5. The van der Waals surface area contributed by atoms with E-state index in [1.807, 2.05) is 43.6 Å². The van der Waals surface area contributed by atoms with Crippen LogP contribution in [0.3, 0.4) is 0 Å². The average molecular weight is 555 g/mol. The van der Waals surface area contributed by atoms with Gasteiger partial charge in [0, 0.05) is 54.1 Å². The third kappa shape index (κ3) is 6.38. The Morgan fingerprint density at radius 3 is 2.63 bits per heavy atom. The summed E-state index contributed by atoms with van der Waals surface area (Å²) in [7, 11) is 1.83. The molecule has 11 heteroatoms. The summed E-state index contributed by atoms with van der Waals surface area (Å²) >= 11 is 0. The summed E-state index contributed by atoms with van der Waals surface area (Å²) in [6.45, 7) is 5.27. The van der Waals surface area contributed by atoms with Crippen molar-refractivity contribution in [1.29, 1.82) is 0 Å². The van der Waals surface area contributed by atoms with Crippen molar-refractivity contribution in [3.63, 3.8) is 0 Å². The minimum absolute atomic E-state index is 0.0686. The van der Waals surface area contributed by atoms with Crippen molar-refractivity contribution in [1.82, 2.24) is 24.6 Å². The molecule has 0 unspecified atom stereocenters. The zero-order valence-corrected chi connectivity index (χ0v) is 23.2. The molecule has 2 aromatic carbocycles. The van der Waals surface area contributed by atoms with Crippen molar-refractivity contribution in [3.05, 3.63) is 60.6 Å². The number of hydrogen-bond acceptors (Lipinski definition) is 8. The number of likely N-dealkylation sites (tertiary alicyclic amines) is 1. The lowest BCUT2D eigenvalue weighted by atomic mass is 10.1. The molecule has 3 heterocycles. The van der Waals surface area contributed by atoms with Gasteiger partial charge in [0.15, 0.2) is 0 Å². The van der Waals surface area contributed by atoms with E-state index in [1.54, 1.807) is 43.9 Å². The second-order valence-electron chi connectivity index (χ2n) is 10.8. The smallest absolute Gasteiger partial charge is 0.411 e. The van der Waals surface area contributed by atoms with Crippen molar-refractivity contribution >= 4 is 34.6 Å². The number of rotatable bonds is 6. The van der Waals surface area contributed by atoms with Gasteiger partial charge >= 0.3 is 12.1 Å². The third-order valence-electron chi connectivity index (χ3n) is 6.43. The number of anilines is 2. The lowest BCUT2D eigenvalue weighted by Gasteiger charge is -2.26. The molecule has 1 aliphatic heterocycles. The second kappa shape index (κ2) is 10.8. The minimum atomic E-state index is -1.11. The van der Waals surface area contributed by atoms with Crippen LogP contribution in [0.1, 0.15) is 32.8 Å². The maximum Gasteiger partial charge on any atom is 0.411 e. The standard InChI is InChI=1S/C30H30N6O5/c1-6-18-7-8-25-20(9-18)14-31-28(34-25)33-22-10-19(21-15-32-35(5)16-21)11-23(12-22)40-24-13-26(27(37)38)36(17-24)29(39)41-30(2,3)4/h1,7-12,14-16,24,26H,13,17H2,2-5H3,(H,37,38)(H,31,33,34)/t24-,26-/m0/s1. The molecule has 0 aliphatic carbocycles. The molecule has 0 spiro atoms. The predicted molar refractivity (Wildman–Crippen MR) is 153 cm³/mol. The highest BCUT2D eigenvalue weighted by molar-refractivity contribution is 5.82. The predicted octanol–water partition coefficient (Wildman–Crippen LogP) is 4.60. The van der Waals surface area contributed by atoms with Gasteiger partial charge in [-0.15, -0.1) is 6.42 Å². The van der Waals surface area contributed by atoms with Gasteiger partial charge in [0.05, 0.1) is 18.3 Å². The molecule has 0 saturated carbocycles. The number of aliphatic carboxylic acids is 1. The van der Waals surface area contributed by atoms with Crippen molar-refractivity contribution in [2.45, 2.75) is 44.9 Å². The van der Waals surface area contributed by atoms with Gasteiger partial charge in [-0.25, -0.2) is 19.6 Å². The van der Waals surface area contributed by atoms with Gasteiger partial charge in [-0.05, 0) is 56.7 Å². The van der Waals surface area contributed by atoms with Gasteiger partial charge < -0.3 is 19.9 Å². The topological polar surface area (TPSA) is 132 Å². The number of aromatic nitrogens is 4. The number of aryl methyl sites for hydroxylation is 1. The normalized spacial score (nSPS) is 16.8. The quantitative estimate of drug-likeness (QED) is 0.328. The van der Waals surface area contributed by atoms with Crippen molar-refractivity contribution in [2.75, 3.05) is 11.9 Å². The molecule has 2 atom stereocenters. The minimum Gasteiger partial charge on any atom is -0.488 e. The molecule has 1 saturated heterocycles. The number of benzene rings is 2. The van der Waals surface area contributed by atoms with E-state index in [0.29, 0.717) is 17.4 Å². The average Bonchev–Trinajstić information content (AvgIpc) is 3.54. The van der Waals surface area contributed by atoms with Crippen molar-refractivity contribution < 1.29 is 24.2 Å². The lowest BCUT2D eigenvalue weighted by molar-refractivity contribution is -0.142. The molecule has 1 fully saturated rings. The molecule has 0 radical (unpaired) electrons. The number of carbonyl (C=O) groups is 2. The highest BCUT2D eigenvalue weighted by atomic mass is 16.6. The molecule has 2 aromatic heterocycles. The van der Waals surface area contributed by atoms with Crippen LogP contribution in [0, 0.1) is 12.3 Å². The lowest BCUT2D eigenvalue weighted by Crippen LogP contribution is -2.43. The number of amides is 1. The first-order valence-electron chi connectivity index (χ1n) is 13.0. The van der Waals surface area contributed by atoms with E-state index in [1.165, 1.54) is 4.90 Å². The van der Waals surface area contributed by atoms with Crippen LogP contribution >= 0.6 is 0 Å². The number of nitrogens with one attached hydrogen (secondary N) is 1. The fourth-order valence-corrected chi connectivity index (χ4v) is 4.62. The fourth-order valence-electron chi connectivity index (χ4n) is 4.62. The van der Waals surface area contributed by atoms with Gasteiger partial charge in [-0.1, -0.05) is 5.92 Å². The van der Waals surface area contributed by atoms with Crippen molar-refractivity contribution in [2.24, 2.45) is 7.05 Å². The zero-order valence-electron chi connectivity index (χ0n) is 23.2. The van der Waals surface area contributed by atoms with Crippen LogP contribution in [0.4, 0.5) is 16.4 Å². The van der Waals surface area contributed by atoms with Crippen LogP contribution in [-0.4, -0.2) is 66.1 Å². The summed E-state index contributed by atoms with van der Waals surface area (Å²) in [6.07, 6.45) is 9.67. The Labute approximate surface area is 237 Å². The number of ether oxygens (including phenoxy) is 2. The van der Waals surface area contributed by atoms with Gasteiger partial charge in [-0.3, -0.25) is 9.58 Å². The van der Waals surface area contributed by atoms with Gasteiger partial charge in [-0.2, -0.15) is 5.10 Å². The monoisotopic (exact) mass is 554 g/mol. The Hall–Kier alpha value is -5.11. The van der Waals surface area contributed by atoms with Crippen LogP contribution in [0.2, 0.25) is 0 Å². The Morgan fingerprint density at radius 2 is 1.95 bits per heavy atom. The molecule has 4 aromatic rings.